The Kier molecular flexibility index (Phi) is 8.21. The number of ether oxygens (including phenoxy) is 1. The number of fused-ring (bicyclic) bond motifs is 1. The van der Waals surface area contributed by atoms with Crippen molar-refractivity contribution in [2.45, 2.75) is 95.4 Å². The number of piperidine rings is 1. The van der Waals surface area contributed by atoms with E-state index < -0.39 is 5.97 Å². The molecule has 2 aliphatic carbocycles. The summed E-state index contributed by atoms with van der Waals surface area (Å²) in [7, 11) is 4.12. The zero-order chi connectivity index (χ0) is 21.6. The van der Waals surface area contributed by atoms with Gasteiger partial charge in [-0.2, -0.15) is 0 Å². The van der Waals surface area contributed by atoms with Gasteiger partial charge in [-0.3, -0.25) is 4.79 Å². The van der Waals surface area contributed by atoms with Crippen molar-refractivity contribution in [1.29, 1.82) is 0 Å². The largest absolute Gasteiger partial charge is 0.497 e. The van der Waals surface area contributed by atoms with Gasteiger partial charge in [-0.15, -0.1) is 0 Å². The number of carbonyl (C=O) groups is 1. The van der Waals surface area contributed by atoms with Crippen LogP contribution < -0.4 is 4.74 Å². The molecule has 1 heterocycles. The molecule has 2 bridgehead atoms. The molecule has 0 amide bonds. The lowest BCUT2D eigenvalue weighted by atomic mass is 9.52. The second-order valence-corrected chi connectivity index (χ2v) is 9.59. The lowest BCUT2D eigenvalue weighted by Crippen LogP contribution is -2.59. The summed E-state index contributed by atoms with van der Waals surface area (Å²) in [6, 6.07) is 7.60. The summed E-state index contributed by atoms with van der Waals surface area (Å²) in [5.41, 5.74) is 3.67. The molecule has 4 heteroatoms. The molecule has 1 aromatic carbocycles. The standard InChI is InChI=1S/C18H25NO.C8H16O2/c1-19-10-9-18-8-4-3-5-15(18)17(19)11-13-6-7-14(20-2)12-16(13)18;1-2-3-4-5-6-7-8(9)10/h6-7,12,15,17H,3-5,8-11H2,1-2H3;2-7H2,1H3,(H,9,10)/t15-,17+,18+;/m1./s1. The highest BCUT2D eigenvalue weighted by Gasteiger charge is 2.53. The van der Waals surface area contributed by atoms with Gasteiger partial charge in [0.1, 0.15) is 5.75 Å². The molecule has 1 aliphatic heterocycles. The number of methoxy groups -OCH3 is 1. The van der Waals surface area contributed by atoms with Gasteiger partial charge >= 0.3 is 5.97 Å². The Hall–Kier alpha value is -1.55. The number of unbranched alkanes of at least 4 members (excludes halogenated alkanes) is 4. The summed E-state index contributed by atoms with van der Waals surface area (Å²) in [6.45, 7) is 3.41. The van der Waals surface area contributed by atoms with E-state index in [-0.39, 0.29) is 0 Å². The lowest BCUT2D eigenvalue weighted by Gasteiger charge is -2.58. The summed E-state index contributed by atoms with van der Waals surface area (Å²) >= 11 is 0. The summed E-state index contributed by atoms with van der Waals surface area (Å²) < 4.78 is 5.51. The number of rotatable bonds is 7. The molecule has 1 N–H and O–H groups in total. The fourth-order valence-corrected chi connectivity index (χ4v) is 6.18. The number of hydrogen-bond acceptors (Lipinski definition) is 3. The smallest absolute Gasteiger partial charge is 0.303 e. The first-order valence-electron chi connectivity index (χ1n) is 12.1. The molecule has 3 atom stereocenters. The van der Waals surface area contributed by atoms with Gasteiger partial charge in [0.15, 0.2) is 0 Å². The second-order valence-electron chi connectivity index (χ2n) is 9.59. The van der Waals surface area contributed by atoms with Crippen LogP contribution >= 0.6 is 0 Å². The first kappa shape index (κ1) is 23.1. The summed E-state index contributed by atoms with van der Waals surface area (Å²) in [5, 5.41) is 8.27. The van der Waals surface area contributed by atoms with E-state index in [4.69, 9.17) is 9.84 Å². The summed E-state index contributed by atoms with van der Waals surface area (Å²) in [5.74, 6) is 1.24. The van der Waals surface area contributed by atoms with Crippen molar-refractivity contribution >= 4 is 5.97 Å². The van der Waals surface area contributed by atoms with E-state index >= 15 is 0 Å². The van der Waals surface area contributed by atoms with E-state index in [0.29, 0.717) is 11.8 Å². The third kappa shape index (κ3) is 5.01. The topological polar surface area (TPSA) is 49.8 Å². The quantitative estimate of drug-likeness (QED) is 0.571. The predicted molar refractivity (Wildman–Crippen MR) is 122 cm³/mol. The molecule has 1 aromatic rings. The SMILES string of the molecule is CCCCCCCC(=O)O.COc1ccc2c(c1)[C@]13CCCC[C@@H]1[C@H](C2)N(C)CC3. The van der Waals surface area contributed by atoms with Crippen molar-refractivity contribution in [3.05, 3.63) is 29.3 Å². The van der Waals surface area contributed by atoms with Crippen LogP contribution in [-0.4, -0.2) is 42.7 Å². The molecule has 0 radical (unpaired) electrons. The van der Waals surface area contributed by atoms with Crippen molar-refractivity contribution in [2.24, 2.45) is 5.92 Å². The van der Waals surface area contributed by atoms with Crippen LogP contribution in [0.25, 0.3) is 0 Å². The molecule has 3 aliphatic rings. The minimum Gasteiger partial charge on any atom is -0.497 e. The highest BCUT2D eigenvalue weighted by Crippen LogP contribution is 2.55. The molecule has 0 aromatic heterocycles. The van der Waals surface area contributed by atoms with E-state index in [2.05, 4.69) is 37.1 Å². The normalized spacial score (nSPS) is 27.3. The lowest BCUT2D eigenvalue weighted by molar-refractivity contribution is -0.137. The van der Waals surface area contributed by atoms with Gasteiger partial charge < -0.3 is 14.7 Å². The molecular weight excluding hydrogens is 374 g/mol. The van der Waals surface area contributed by atoms with Gasteiger partial charge in [0.2, 0.25) is 0 Å². The van der Waals surface area contributed by atoms with Gasteiger partial charge in [-0.25, -0.2) is 0 Å². The Morgan fingerprint density at radius 1 is 1.20 bits per heavy atom. The van der Waals surface area contributed by atoms with Crippen LogP contribution in [-0.2, 0) is 16.6 Å². The molecule has 0 spiro atoms. The Morgan fingerprint density at radius 2 is 2.00 bits per heavy atom. The number of likely N-dealkylation sites (N-methyl/N-ethyl adjacent to an activating group) is 1. The Bertz CT molecular complexity index is 704. The first-order chi connectivity index (χ1) is 14.5. The van der Waals surface area contributed by atoms with Crippen LogP contribution in [0.15, 0.2) is 18.2 Å². The zero-order valence-electron chi connectivity index (χ0n) is 19.3. The first-order valence-corrected chi connectivity index (χ1v) is 12.1. The van der Waals surface area contributed by atoms with Crippen LogP contribution in [0.2, 0.25) is 0 Å². The maximum atomic E-state index is 10.0. The van der Waals surface area contributed by atoms with Gasteiger partial charge in [0.05, 0.1) is 7.11 Å². The molecule has 2 fully saturated rings. The maximum absolute atomic E-state index is 10.0. The van der Waals surface area contributed by atoms with Gasteiger partial charge in [-0.1, -0.05) is 51.5 Å². The van der Waals surface area contributed by atoms with E-state index in [9.17, 15) is 4.79 Å². The maximum Gasteiger partial charge on any atom is 0.303 e. The van der Waals surface area contributed by atoms with Crippen molar-refractivity contribution in [1.82, 2.24) is 4.90 Å². The van der Waals surface area contributed by atoms with Crippen molar-refractivity contribution in [2.75, 3.05) is 20.7 Å². The fourth-order valence-electron chi connectivity index (χ4n) is 6.18. The second kappa shape index (κ2) is 10.7. The van der Waals surface area contributed by atoms with Crippen molar-refractivity contribution < 1.29 is 14.6 Å². The highest BCUT2D eigenvalue weighted by molar-refractivity contribution is 5.66. The van der Waals surface area contributed by atoms with Crippen LogP contribution in [0.4, 0.5) is 0 Å². The Balaban J connectivity index is 0.000000220. The number of likely N-dealkylation sites (tertiary alicyclic amines) is 1. The molecule has 30 heavy (non-hydrogen) atoms. The number of nitrogens with zero attached hydrogens (tertiary/aromatic N) is 1. The van der Waals surface area contributed by atoms with Crippen LogP contribution in [0.3, 0.4) is 0 Å². The molecule has 1 saturated carbocycles. The zero-order valence-corrected chi connectivity index (χ0v) is 19.3. The molecule has 1 saturated heterocycles. The van der Waals surface area contributed by atoms with Gasteiger partial charge in [0.25, 0.3) is 0 Å². The average Bonchev–Trinajstić information content (AvgIpc) is 2.76. The van der Waals surface area contributed by atoms with Crippen molar-refractivity contribution in [3.8, 4) is 5.75 Å². The summed E-state index contributed by atoms with van der Waals surface area (Å²) in [4.78, 5) is 12.7. The fraction of sp³-hybridized carbons (Fsp3) is 0.731. The molecule has 168 valence electrons. The van der Waals surface area contributed by atoms with E-state index in [1.54, 1.807) is 18.2 Å². The van der Waals surface area contributed by atoms with Crippen molar-refractivity contribution in [3.63, 3.8) is 0 Å². The van der Waals surface area contributed by atoms with Gasteiger partial charge in [-0.05, 0) is 74.9 Å². The third-order valence-corrected chi connectivity index (χ3v) is 7.82. The van der Waals surface area contributed by atoms with Crippen LogP contribution in [0.1, 0.15) is 88.7 Å². The predicted octanol–water partition coefficient (Wildman–Crippen LogP) is 5.81. The number of aliphatic carboxylic acids is 1. The molecular formula is C26H41NO3. The monoisotopic (exact) mass is 415 g/mol. The number of hydrogen-bond donors (Lipinski definition) is 1. The molecule has 0 unspecified atom stereocenters. The third-order valence-electron chi connectivity index (χ3n) is 7.82. The van der Waals surface area contributed by atoms with E-state index in [0.717, 1.165) is 30.6 Å². The van der Waals surface area contributed by atoms with Gasteiger partial charge in [0, 0.05) is 17.9 Å². The average molecular weight is 416 g/mol. The molecule has 4 rings (SSSR count). The summed E-state index contributed by atoms with van der Waals surface area (Å²) in [6.07, 6.45) is 14.1. The van der Waals surface area contributed by atoms with E-state index in [1.165, 1.54) is 64.3 Å². The minimum absolute atomic E-state index is 0.337. The van der Waals surface area contributed by atoms with Crippen LogP contribution in [0.5, 0.6) is 5.75 Å². The number of carboxylic acids is 1. The Labute approximate surface area is 183 Å². The van der Waals surface area contributed by atoms with Crippen LogP contribution in [0, 0.1) is 5.92 Å². The molecule has 4 nitrogen and oxygen atoms in total. The van der Waals surface area contributed by atoms with E-state index in [1.807, 2.05) is 0 Å². The number of benzene rings is 1. The highest BCUT2D eigenvalue weighted by atomic mass is 16.5. The number of carboxylic acid groups (broad SMARTS) is 1. The minimum atomic E-state index is -0.670. The Morgan fingerprint density at radius 3 is 2.73 bits per heavy atom.